The molecule has 0 aromatic carbocycles. The monoisotopic (exact) mass is 270 g/mol. The standard InChI is InChI=1S/C13H22N2O2S/c1-10-5-4-6-15(10)12(16)11-7-18-9-14(11)8-13(2,3)17/h7,10,17H,4-6,8-9H2,1-3H3/t10-/m0/s1. The average molecular weight is 270 g/mol. The van der Waals surface area contributed by atoms with Crippen molar-refractivity contribution in [3.63, 3.8) is 0 Å². The van der Waals surface area contributed by atoms with E-state index >= 15 is 0 Å². The van der Waals surface area contributed by atoms with Crippen molar-refractivity contribution in [1.82, 2.24) is 9.80 Å². The number of thioether (sulfide) groups is 1. The molecule has 2 rings (SSSR count). The third-order valence-corrected chi connectivity index (χ3v) is 4.23. The first-order valence-electron chi connectivity index (χ1n) is 6.48. The molecule has 0 aliphatic carbocycles. The summed E-state index contributed by atoms with van der Waals surface area (Å²) >= 11 is 1.62. The highest BCUT2D eigenvalue weighted by Gasteiger charge is 2.33. The predicted octanol–water partition coefficient (Wildman–Crippen LogP) is 1.62. The van der Waals surface area contributed by atoms with Crippen LogP contribution in [0.2, 0.25) is 0 Å². The van der Waals surface area contributed by atoms with E-state index in [-0.39, 0.29) is 5.91 Å². The van der Waals surface area contributed by atoms with E-state index in [2.05, 4.69) is 6.92 Å². The van der Waals surface area contributed by atoms with E-state index in [1.165, 1.54) is 0 Å². The summed E-state index contributed by atoms with van der Waals surface area (Å²) in [5.41, 5.74) is -0.0307. The molecular formula is C13H22N2O2S. The van der Waals surface area contributed by atoms with Gasteiger partial charge in [0.2, 0.25) is 0 Å². The number of nitrogens with zero attached hydrogens (tertiary/aromatic N) is 2. The van der Waals surface area contributed by atoms with Crippen LogP contribution in [-0.4, -0.2) is 51.4 Å². The summed E-state index contributed by atoms with van der Waals surface area (Å²) in [5, 5.41) is 11.8. The lowest BCUT2D eigenvalue weighted by molar-refractivity contribution is -0.129. The number of rotatable bonds is 3. The Hall–Kier alpha value is -0.680. The van der Waals surface area contributed by atoms with Crippen molar-refractivity contribution in [3.8, 4) is 0 Å². The summed E-state index contributed by atoms with van der Waals surface area (Å²) in [4.78, 5) is 16.4. The van der Waals surface area contributed by atoms with Gasteiger partial charge >= 0.3 is 0 Å². The molecule has 0 unspecified atom stereocenters. The van der Waals surface area contributed by atoms with Crippen molar-refractivity contribution < 1.29 is 9.90 Å². The van der Waals surface area contributed by atoms with Gasteiger partial charge in [0.05, 0.1) is 11.5 Å². The van der Waals surface area contributed by atoms with Gasteiger partial charge < -0.3 is 14.9 Å². The van der Waals surface area contributed by atoms with E-state index in [1.807, 2.05) is 15.2 Å². The number of hydrogen-bond acceptors (Lipinski definition) is 4. The van der Waals surface area contributed by atoms with Gasteiger partial charge in [-0.2, -0.15) is 0 Å². The largest absolute Gasteiger partial charge is 0.389 e. The maximum atomic E-state index is 12.5. The van der Waals surface area contributed by atoms with Crippen LogP contribution in [0.5, 0.6) is 0 Å². The number of β-amino-alcohol motifs (C(OH)–C–C–N with tert-alkyl or cyclic N) is 1. The lowest BCUT2D eigenvalue weighted by Gasteiger charge is -2.31. The molecule has 0 bridgehead atoms. The Labute approximate surface area is 113 Å². The minimum atomic E-state index is -0.777. The second kappa shape index (κ2) is 5.13. The lowest BCUT2D eigenvalue weighted by atomic mass is 10.1. The third-order valence-electron chi connectivity index (χ3n) is 3.38. The summed E-state index contributed by atoms with van der Waals surface area (Å²) in [7, 11) is 0. The Morgan fingerprint density at radius 3 is 2.89 bits per heavy atom. The number of aliphatic hydroxyl groups is 1. The van der Waals surface area contributed by atoms with Crippen molar-refractivity contribution >= 4 is 17.7 Å². The normalized spacial score (nSPS) is 24.7. The van der Waals surface area contributed by atoms with Crippen molar-refractivity contribution in [2.24, 2.45) is 0 Å². The minimum Gasteiger partial charge on any atom is -0.389 e. The third kappa shape index (κ3) is 3.01. The topological polar surface area (TPSA) is 43.8 Å². The molecule has 0 saturated carbocycles. The Morgan fingerprint density at radius 1 is 1.61 bits per heavy atom. The van der Waals surface area contributed by atoms with Gasteiger partial charge in [0, 0.05) is 24.5 Å². The van der Waals surface area contributed by atoms with Crippen molar-refractivity contribution in [2.45, 2.75) is 45.3 Å². The Balaban J connectivity index is 2.05. The van der Waals surface area contributed by atoms with Gasteiger partial charge in [-0.3, -0.25) is 4.79 Å². The molecule has 1 atom stereocenters. The molecule has 1 amide bonds. The zero-order valence-corrected chi connectivity index (χ0v) is 12.2. The second-order valence-electron chi connectivity index (χ2n) is 5.80. The lowest BCUT2D eigenvalue weighted by Crippen LogP contribution is -2.43. The Kier molecular flexibility index (Phi) is 3.92. The van der Waals surface area contributed by atoms with Crippen LogP contribution >= 0.6 is 11.8 Å². The highest BCUT2D eigenvalue weighted by molar-refractivity contribution is 8.02. The fourth-order valence-corrected chi connectivity index (χ4v) is 3.41. The van der Waals surface area contributed by atoms with Crippen molar-refractivity contribution in [2.75, 3.05) is 19.0 Å². The zero-order chi connectivity index (χ0) is 13.3. The molecule has 102 valence electrons. The van der Waals surface area contributed by atoms with Crippen LogP contribution in [0.1, 0.15) is 33.6 Å². The number of likely N-dealkylation sites (tertiary alicyclic amines) is 1. The van der Waals surface area contributed by atoms with Crippen molar-refractivity contribution in [3.05, 3.63) is 11.1 Å². The van der Waals surface area contributed by atoms with E-state index in [0.29, 0.717) is 12.6 Å². The van der Waals surface area contributed by atoms with Crippen LogP contribution in [0.15, 0.2) is 11.1 Å². The molecule has 18 heavy (non-hydrogen) atoms. The molecule has 0 aromatic rings. The maximum absolute atomic E-state index is 12.5. The van der Waals surface area contributed by atoms with Gasteiger partial charge in [-0.25, -0.2) is 0 Å². The van der Waals surface area contributed by atoms with Crippen LogP contribution in [0.25, 0.3) is 0 Å². The Bertz CT molecular complexity index is 362. The minimum absolute atomic E-state index is 0.120. The highest BCUT2D eigenvalue weighted by Crippen LogP contribution is 2.28. The molecule has 1 saturated heterocycles. The average Bonchev–Trinajstić information content (AvgIpc) is 2.84. The fourth-order valence-electron chi connectivity index (χ4n) is 2.52. The van der Waals surface area contributed by atoms with Crippen LogP contribution < -0.4 is 0 Å². The number of amides is 1. The van der Waals surface area contributed by atoms with E-state index in [0.717, 1.165) is 31.0 Å². The summed E-state index contributed by atoms with van der Waals surface area (Å²) in [6.07, 6.45) is 2.19. The molecule has 0 radical (unpaired) electrons. The van der Waals surface area contributed by atoms with Gasteiger partial charge in [-0.1, -0.05) is 0 Å². The molecule has 2 heterocycles. The molecular weight excluding hydrogens is 248 g/mol. The van der Waals surface area contributed by atoms with Crippen LogP contribution in [0.3, 0.4) is 0 Å². The van der Waals surface area contributed by atoms with Crippen LogP contribution in [0.4, 0.5) is 0 Å². The highest BCUT2D eigenvalue weighted by atomic mass is 32.2. The molecule has 2 aliphatic rings. The number of carbonyl (C=O) groups excluding carboxylic acids is 1. The zero-order valence-electron chi connectivity index (χ0n) is 11.3. The summed E-state index contributed by atoms with van der Waals surface area (Å²) in [6, 6.07) is 0.341. The molecule has 5 heteroatoms. The summed E-state index contributed by atoms with van der Waals surface area (Å²) < 4.78 is 0. The predicted molar refractivity (Wildman–Crippen MR) is 74.0 cm³/mol. The first kappa shape index (κ1) is 13.7. The maximum Gasteiger partial charge on any atom is 0.270 e. The van der Waals surface area contributed by atoms with Crippen LogP contribution in [-0.2, 0) is 4.79 Å². The van der Waals surface area contributed by atoms with Gasteiger partial charge in [0.25, 0.3) is 5.91 Å². The van der Waals surface area contributed by atoms with E-state index in [9.17, 15) is 9.90 Å². The fraction of sp³-hybridized carbons (Fsp3) is 0.769. The van der Waals surface area contributed by atoms with Gasteiger partial charge in [0.1, 0.15) is 5.70 Å². The molecule has 1 fully saturated rings. The molecule has 0 spiro atoms. The van der Waals surface area contributed by atoms with Gasteiger partial charge in [-0.05, 0) is 33.6 Å². The second-order valence-corrected chi connectivity index (χ2v) is 6.63. The Morgan fingerprint density at radius 2 is 2.33 bits per heavy atom. The van der Waals surface area contributed by atoms with E-state index < -0.39 is 5.60 Å². The van der Waals surface area contributed by atoms with E-state index in [4.69, 9.17) is 0 Å². The van der Waals surface area contributed by atoms with Gasteiger partial charge in [-0.15, -0.1) is 11.8 Å². The molecule has 0 aromatic heterocycles. The van der Waals surface area contributed by atoms with E-state index in [1.54, 1.807) is 25.6 Å². The molecule has 2 aliphatic heterocycles. The first-order chi connectivity index (χ1) is 8.38. The van der Waals surface area contributed by atoms with Crippen LogP contribution in [0, 0.1) is 0 Å². The summed E-state index contributed by atoms with van der Waals surface area (Å²) in [5.74, 6) is 0.877. The number of carbonyl (C=O) groups is 1. The molecule has 1 N–H and O–H groups in total. The quantitative estimate of drug-likeness (QED) is 0.846. The SMILES string of the molecule is C[C@H]1CCCN1C(=O)C1=CSCN1CC(C)(C)O. The summed E-state index contributed by atoms with van der Waals surface area (Å²) in [6.45, 7) is 7.01. The number of hydrogen-bond donors (Lipinski definition) is 1. The molecule has 4 nitrogen and oxygen atoms in total. The smallest absolute Gasteiger partial charge is 0.270 e. The van der Waals surface area contributed by atoms with Crippen molar-refractivity contribution in [1.29, 1.82) is 0 Å². The van der Waals surface area contributed by atoms with Gasteiger partial charge in [0.15, 0.2) is 0 Å². The first-order valence-corrected chi connectivity index (χ1v) is 7.53.